The molecule has 0 saturated carbocycles. The molecule has 0 radical (unpaired) electrons. The molecule has 3 rings (SSSR count). The van der Waals surface area contributed by atoms with Crippen molar-refractivity contribution in [2.24, 2.45) is 0 Å². The molecule has 1 amide bonds. The maximum atomic E-state index is 13.0. The number of amides is 1. The Bertz CT molecular complexity index is 655. The number of nitrogens with zero attached hydrogens (tertiary/aromatic N) is 1. The normalized spacial score (nSPS) is 13.7. The van der Waals surface area contributed by atoms with Crippen molar-refractivity contribution in [3.63, 3.8) is 0 Å². The van der Waals surface area contributed by atoms with Gasteiger partial charge in [-0.3, -0.25) is 4.79 Å². The molecule has 1 aromatic heterocycles. The maximum Gasteiger partial charge on any atom is 0.274 e. The van der Waals surface area contributed by atoms with E-state index in [1.165, 1.54) is 35.7 Å². The van der Waals surface area contributed by atoms with E-state index < -0.39 is 5.95 Å². The summed E-state index contributed by atoms with van der Waals surface area (Å²) in [7, 11) is 0. The molecule has 3 nitrogen and oxygen atoms in total. The molecule has 0 unspecified atom stereocenters. The third-order valence-electron chi connectivity index (χ3n) is 3.59. The summed E-state index contributed by atoms with van der Waals surface area (Å²) >= 11 is 0. The number of aryl methyl sites for hydroxylation is 1. The van der Waals surface area contributed by atoms with Crippen LogP contribution in [-0.4, -0.2) is 10.9 Å². The van der Waals surface area contributed by atoms with Crippen LogP contribution in [-0.2, 0) is 12.8 Å². The van der Waals surface area contributed by atoms with E-state index in [9.17, 15) is 9.18 Å². The molecular weight excluding hydrogens is 255 g/mol. The Morgan fingerprint density at radius 1 is 1.10 bits per heavy atom. The quantitative estimate of drug-likeness (QED) is 0.850. The summed E-state index contributed by atoms with van der Waals surface area (Å²) in [5.41, 5.74) is 3.40. The molecule has 0 bridgehead atoms. The molecule has 1 aliphatic carbocycles. The number of fused-ring (bicyclic) bond motifs is 1. The average Bonchev–Trinajstić information content (AvgIpc) is 2.47. The second-order valence-electron chi connectivity index (χ2n) is 4.95. The Hall–Kier alpha value is -2.23. The van der Waals surface area contributed by atoms with Gasteiger partial charge in [0.15, 0.2) is 0 Å². The van der Waals surface area contributed by atoms with Gasteiger partial charge in [0.05, 0.1) is 0 Å². The number of carbonyl (C=O) groups is 1. The Morgan fingerprint density at radius 2 is 1.90 bits per heavy atom. The fourth-order valence-corrected chi connectivity index (χ4v) is 2.62. The zero-order chi connectivity index (χ0) is 13.9. The molecule has 0 aliphatic heterocycles. The molecule has 1 aliphatic rings. The summed E-state index contributed by atoms with van der Waals surface area (Å²) in [6.45, 7) is 0. The van der Waals surface area contributed by atoms with Crippen LogP contribution in [0.5, 0.6) is 0 Å². The molecule has 1 heterocycles. The first-order valence-electron chi connectivity index (χ1n) is 6.79. The highest BCUT2D eigenvalue weighted by molar-refractivity contribution is 6.03. The fourth-order valence-electron chi connectivity index (χ4n) is 2.62. The highest BCUT2D eigenvalue weighted by Gasteiger charge is 2.15. The number of anilines is 1. The minimum Gasteiger partial charge on any atom is -0.320 e. The Balaban J connectivity index is 1.86. The average molecular weight is 270 g/mol. The van der Waals surface area contributed by atoms with Gasteiger partial charge in [-0.05, 0) is 55.0 Å². The predicted octanol–water partition coefficient (Wildman–Crippen LogP) is 3.35. The van der Waals surface area contributed by atoms with Gasteiger partial charge in [0.25, 0.3) is 5.91 Å². The van der Waals surface area contributed by atoms with Gasteiger partial charge >= 0.3 is 0 Å². The van der Waals surface area contributed by atoms with Crippen LogP contribution < -0.4 is 5.32 Å². The van der Waals surface area contributed by atoms with Crippen LogP contribution in [0, 0.1) is 5.95 Å². The lowest BCUT2D eigenvalue weighted by Crippen LogP contribution is -2.17. The van der Waals surface area contributed by atoms with Gasteiger partial charge in [0.2, 0.25) is 5.95 Å². The Labute approximate surface area is 116 Å². The number of hydrogen-bond acceptors (Lipinski definition) is 2. The van der Waals surface area contributed by atoms with Gasteiger partial charge in [-0.25, -0.2) is 4.98 Å². The summed E-state index contributed by atoms with van der Waals surface area (Å²) in [5.74, 6) is -1.02. The highest BCUT2D eigenvalue weighted by Crippen LogP contribution is 2.28. The number of aromatic nitrogens is 1. The van der Waals surface area contributed by atoms with Crippen molar-refractivity contribution in [2.45, 2.75) is 25.7 Å². The van der Waals surface area contributed by atoms with E-state index in [2.05, 4.69) is 16.4 Å². The lowest BCUT2D eigenvalue weighted by atomic mass is 9.90. The van der Waals surface area contributed by atoms with Gasteiger partial charge in [-0.2, -0.15) is 4.39 Å². The van der Waals surface area contributed by atoms with E-state index in [-0.39, 0.29) is 11.6 Å². The van der Waals surface area contributed by atoms with Crippen molar-refractivity contribution in [3.05, 3.63) is 59.2 Å². The molecule has 4 heteroatoms. The van der Waals surface area contributed by atoms with Crippen LogP contribution in [0.25, 0.3) is 0 Å². The minimum atomic E-state index is -0.646. The first kappa shape index (κ1) is 12.8. The molecule has 0 spiro atoms. The van der Waals surface area contributed by atoms with Crippen LogP contribution in [0.2, 0.25) is 0 Å². The molecular formula is C16H15FN2O. The molecule has 102 valence electrons. The summed E-state index contributed by atoms with van der Waals surface area (Å²) < 4.78 is 13.0. The molecule has 1 N–H and O–H groups in total. The van der Waals surface area contributed by atoms with Crippen LogP contribution in [0.1, 0.15) is 34.5 Å². The molecule has 0 atom stereocenters. The van der Waals surface area contributed by atoms with Gasteiger partial charge < -0.3 is 5.32 Å². The molecule has 0 saturated heterocycles. The smallest absolute Gasteiger partial charge is 0.274 e. The number of hydrogen-bond donors (Lipinski definition) is 1. The topological polar surface area (TPSA) is 42.0 Å². The zero-order valence-corrected chi connectivity index (χ0v) is 11.0. The largest absolute Gasteiger partial charge is 0.320 e. The first-order valence-corrected chi connectivity index (χ1v) is 6.79. The Kier molecular flexibility index (Phi) is 3.46. The molecule has 1 aromatic carbocycles. The summed E-state index contributed by atoms with van der Waals surface area (Å²) in [4.78, 5) is 15.7. The van der Waals surface area contributed by atoms with Crippen LogP contribution in [0.4, 0.5) is 10.1 Å². The lowest BCUT2D eigenvalue weighted by Gasteiger charge is -2.19. The van der Waals surface area contributed by atoms with Crippen molar-refractivity contribution >= 4 is 11.6 Å². The number of nitrogens with one attached hydrogen (secondary N) is 1. The van der Waals surface area contributed by atoms with Crippen molar-refractivity contribution in [3.8, 4) is 0 Å². The standard InChI is InChI=1S/C16H15FN2O/c17-15-10-4-9-14(18-15)16(20)19-13-8-3-6-11-5-1-2-7-12(11)13/h3-4,6,8-10H,1-2,5,7H2,(H,19,20). The third-order valence-corrected chi connectivity index (χ3v) is 3.59. The van der Waals surface area contributed by atoms with E-state index >= 15 is 0 Å². The molecule has 20 heavy (non-hydrogen) atoms. The number of rotatable bonds is 2. The van der Waals surface area contributed by atoms with Crippen molar-refractivity contribution in [1.29, 1.82) is 0 Å². The number of carbonyl (C=O) groups excluding carboxylic acids is 1. The fraction of sp³-hybridized carbons (Fsp3) is 0.250. The first-order chi connectivity index (χ1) is 9.74. The number of pyridine rings is 1. The van der Waals surface area contributed by atoms with E-state index in [1.54, 1.807) is 0 Å². The van der Waals surface area contributed by atoms with E-state index in [0.29, 0.717) is 0 Å². The van der Waals surface area contributed by atoms with Crippen molar-refractivity contribution in [1.82, 2.24) is 4.98 Å². The van der Waals surface area contributed by atoms with Gasteiger partial charge in [-0.15, -0.1) is 0 Å². The van der Waals surface area contributed by atoms with E-state index in [1.807, 2.05) is 12.1 Å². The van der Waals surface area contributed by atoms with E-state index in [0.717, 1.165) is 24.9 Å². The van der Waals surface area contributed by atoms with Gasteiger partial charge in [-0.1, -0.05) is 18.2 Å². The third kappa shape index (κ3) is 2.54. The molecule has 2 aromatic rings. The summed E-state index contributed by atoms with van der Waals surface area (Å²) in [6, 6.07) is 10.2. The second kappa shape index (κ2) is 5.41. The SMILES string of the molecule is O=C(Nc1cccc2c1CCCC2)c1cccc(F)n1. The summed E-state index contributed by atoms with van der Waals surface area (Å²) in [5, 5.41) is 2.85. The number of benzene rings is 1. The van der Waals surface area contributed by atoms with Crippen molar-refractivity contribution < 1.29 is 9.18 Å². The van der Waals surface area contributed by atoms with Gasteiger partial charge in [0, 0.05) is 5.69 Å². The van der Waals surface area contributed by atoms with Crippen molar-refractivity contribution in [2.75, 3.05) is 5.32 Å². The lowest BCUT2D eigenvalue weighted by molar-refractivity contribution is 0.102. The summed E-state index contributed by atoms with van der Waals surface area (Å²) in [6.07, 6.45) is 4.35. The number of halogens is 1. The van der Waals surface area contributed by atoms with Gasteiger partial charge in [0.1, 0.15) is 5.69 Å². The Morgan fingerprint density at radius 3 is 2.75 bits per heavy atom. The van der Waals surface area contributed by atoms with E-state index in [4.69, 9.17) is 0 Å². The van der Waals surface area contributed by atoms with Crippen LogP contribution in [0.15, 0.2) is 36.4 Å². The van der Waals surface area contributed by atoms with Crippen LogP contribution in [0.3, 0.4) is 0 Å². The molecule has 0 fully saturated rings. The van der Waals surface area contributed by atoms with Crippen LogP contribution >= 0.6 is 0 Å². The zero-order valence-electron chi connectivity index (χ0n) is 11.0. The predicted molar refractivity (Wildman–Crippen MR) is 75.2 cm³/mol. The highest BCUT2D eigenvalue weighted by atomic mass is 19.1. The maximum absolute atomic E-state index is 13.0. The monoisotopic (exact) mass is 270 g/mol. The second-order valence-corrected chi connectivity index (χ2v) is 4.95. The minimum absolute atomic E-state index is 0.0958.